The van der Waals surface area contributed by atoms with E-state index in [1.165, 1.54) is 6.92 Å². The molecule has 0 amide bonds. The second kappa shape index (κ2) is 4.08. The Morgan fingerprint density at radius 3 is 1.67 bits per heavy atom. The molecule has 96 valence electrons. The van der Waals surface area contributed by atoms with Gasteiger partial charge < -0.3 is 0 Å². The zero-order valence-corrected chi connectivity index (χ0v) is 9.36. The number of aryl methyl sites for hydroxylation is 1. The Labute approximate surface area is 98.7 Å². The van der Waals surface area contributed by atoms with Crippen molar-refractivity contribution in [2.75, 3.05) is 0 Å². The van der Waals surface area contributed by atoms with E-state index in [1.807, 2.05) is 0 Å². The van der Waals surface area contributed by atoms with Crippen LogP contribution in [0.5, 0.6) is 0 Å². The third-order valence-corrected chi connectivity index (χ3v) is 2.68. The number of hydrogen-bond donors (Lipinski definition) is 0. The van der Waals surface area contributed by atoms with Crippen LogP contribution >= 0.6 is 0 Å². The molecule has 2 rings (SSSR count). The van der Waals surface area contributed by atoms with Crippen molar-refractivity contribution in [2.45, 2.75) is 13.8 Å². The van der Waals surface area contributed by atoms with Crippen molar-refractivity contribution in [1.29, 1.82) is 0 Å². The van der Waals surface area contributed by atoms with Crippen molar-refractivity contribution in [3.8, 4) is 5.69 Å². The number of rotatable bonds is 1. The van der Waals surface area contributed by atoms with E-state index >= 15 is 0 Å². The highest BCUT2D eigenvalue weighted by molar-refractivity contribution is 5.39. The van der Waals surface area contributed by atoms with Crippen LogP contribution in [0, 0.1) is 42.9 Å². The van der Waals surface area contributed by atoms with Gasteiger partial charge in [-0.2, -0.15) is 0 Å². The maximum absolute atomic E-state index is 13.5. The Balaban J connectivity index is 2.84. The molecule has 1 aromatic carbocycles. The first-order valence-electron chi connectivity index (χ1n) is 4.88. The summed E-state index contributed by atoms with van der Waals surface area (Å²) in [5.41, 5.74) is -0.304. The number of hydrogen-bond acceptors (Lipinski definition) is 1. The molecule has 0 radical (unpaired) electrons. The van der Waals surface area contributed by atoms with E-state index in [-0.39, 0.29) is 0 Å². The van der Waals surface area contributed by atoms with Gasteiger partial charge in [0.1, 0.15) is 5.69 Å². The normalized spacial score (nSPS) is 11.1. The monoisotopic (exact) mass is 262 g/mol. The summed E-state index contributed by atoms with van der Waals surface area (Å²) in [6.07, 6.45) is 1.00. The van der Waals surface area contributed by atoms with Gasteiger partial charge in [-0.25, -0.2) is 26.9 Å². The Hall–Kier alpha value is -1.92. The predicted molar refractivity (Wildman–Crippen MR) is 52.8 cm³/mol. The van der Waals surface area contributed by atoms with Crippen molar-refractivity contribution in [1.82, 2.24) is 9.55 Å². The topological polar surface area (TPSA) is 17.8 Å². The van der Waals surface area contributed by atoms with Gasteiger partial charge in [-0.1, -0.05) is 0 Å². The lowest BCUT2D eigenvalue weighted by atomic mass is 10.2. The minimum Gasteiger partial charge on any atom is -0.298 e. The molecule has 1 aromatic heterocycles. The summed E-state index contributed by atoms with van der Waals surface area (Å²) >= 11 is 0. The van der Waals surface area contributed by atoms with E-state index in [9.17, 15) is 22.0 Å². The minimum atomic E-state index is -2.18. The zero-order valence-electron chi connectivity index (χ0n) is 9.36. The molecular formula is C11H7F5N2. The molecule has 0 saturated heterocycles. The summed E-state index contributed by atoms with van der Waals surface area (Å²) in [4.78, 5) is 3.75. The maximum Gasteiger partial charge on any atom is 0.200 e. The van der Waals surface area contributed by atoms with Crippen LogP contribution in [0.15, 0.2) is 6.33 Å². The molecule has 7 heteroatoms. The van der Waals surface area contributed by atoms with E-state index < -0.39 is 34.8 Å². The number of halogens is 5. The number of nitrogens with zero attached hydrogens (tertiary/aromatic N) is 2. The second-order valence-corrected chi connectivity index (χ2v) is 3.70. The molecule has 0 aliphatic heterocycles. The van der Waals surface area contributed by atoms with Crippen LogP contribution in [0.4, 0.5) is 22.0 Å². The van der Waals surface area contributed by atoms with Crippen molar-refractivity contribution in [2.24, 2.45) is 0 Å². The third kappa shape index (κ3) is 1.58. The number of benzene rings is 1. The van der Waals surface area contributed by atoms with Crippen molar-refractivity contribution < 1.29 is 22.0 Å². The van der Waals surface area contributed by atoms with Gasteiger partial charge in [0.2, 0.25) is 5.82 Å². The van der Waals surface area contributed by atoms with Crippen LogP contribution in [-0.2, 0) is 0 Å². The molecule has 0 bridgehead atoms. The van der Waals surface area contributed by atoms with Crippen LogP contribution in [0.3, 0.4) is 0 Å². The summed E-state index contributed by atoms with van der Waals surface area (Å²) in [6.45, 7) is 3.01. The van der Waals surface area contributed by atoms with Gasteiger partial charge in [0.15, 0.2) is 23.3 Å². The van der Waals surface area contributed by atoms with Crippen LogP contribution in [0.2, 0.25) is 0 Å². The highest BCUT2D eigenvalue weighted by Gasteiger charge is 2.27. The van der Waals surface area contributed by atoms with E-state index in [2.05, 4.69) is 4.98 Å². The molecule has 0 N–H and O–H groups in total. The first kappa shape index (κ1) is 12.5. The van der Waals surface area contributed by atoms with Crippen LogP contribution in [0.25, 0.3) is 5.69 Å². The van der Waals surface area contributed by atoms with Gasteiger partial charge in [-0.3, -0.25) is 4.57 Å². The summed E-state index contributed by atoms with van der Waals surface area (Å²) in [7, 11) is 0. The quantitative estimate of drug-likeness (QED) is 0.438. The molecule has 0 aliphatic carbocycles. The molecule has 0 fully saturated rings. The van der Waals surface area contributed by atoms with Crippen molar-refractivity contribution in [3.05, 3.63) is 46.8 Å². The fourth-order valence-electron chi connectivity index (χ4n) is 1.53. The zero-order chi connectivity index (χ0) is 13.6. The van der Waals surface area contributed by atoms with Gasteiger partial charge in [0.05, 0.1) is 12.0 Å². The summed E-state index contributed by atoms with van der Waals surface area (Å²) in [5, 5.41) is 0. The lowest BCUT2D eigenvalue weighted by Gasteiger charge is -2.10. The van der Waals surface area contributed by atoms with Gasteiger partial charge in [0, 0.05) is 5.69 Å². The molecule has 0 aliphatic rings. The predicted octanol–water partition coefficient (Wildman–Crippen LogP) is 3.18. The average Bonchev–Trinajstić information content (AvgIpc) is 2.66. The van der Waals surface area contributed by atoms with Gasteiger partial charge >= 0.3 is 0 Å². The Bertz CT molecular complexity index is 604. The fraction of sp³-hybridized carbons (Fsp3) is 0.182. The van der Waals surface area contributed by atoms with E-state index in [0.717, 1.165) is 10.9 Å². The van der Waals surface area contributed by atoms with E-state index in [1.54, 1.807) is 6.92 Å². The molecule has 0 unspecified atom stereocenters. The fourth-order valence-corrected chi connectivity index (χ4v) is 1.53. The van der Waals surface area contributed by atoms with Crippen molar-refractivity contribution >= 4 is 0 Å². The van der Waals surface area contributed by atoms with E-state index in [0.29, 0.717) is 11.4 Å². The molecule has 2 aromatic rings. The molecule has 2 nitrogen and oxygen atoms in total. The van der Waals surface area contributed by atoms with Gasteiger partial charge in [0.25, 0.3) is 0 Å². The molecule has 0 atom stereocenters. The minimum absolute atomic E-state index is 0.290. The standard InChI is InChI=1S/C11H7F5N2/c1-4-5(2)18(3-17-4)11-9(15)7(13)6(12)8(14)10(11)16/h3H,1-2H3. The first-order valence-corrected chi connectivity index (χ1v) is 4.88. The Morgan fingerprint density at radius 1 is 0.833 bits per heavy atom. The molecule has 0 saturated carbocycles. The van der Waals surface area contributed by atoms with Crippen LogP contribution < -0.4 is 0 Å². The lowest BCUT2D eigenvalue weighted by molar-refractivity contribution is 0.375. The third-order valence-electron chi connectivity index (χ3n) is 2.68. The van der Waals surface area contributed by atoms with Gasteiger partial charge in [-0.15, -0.1) is 0 Å². The molecule has 1 heterocycles. The highest BCUT2D eigenvalue weighted by Crippen LogP contribution is 2.27. The molecule has 18 heavy (non-hydrogen) atoms. The SMILES string of the molecule is Cc1ncn(-c2c(F)c(F)c(F)c(F)c2F)c1C. The smallest absolute Gasteiger partial charge is 0.200 e. The van der Waals surface area contributed by atoms with Crippen molar-refractivity contribution in [3.63, 3.8) is 0 Å². The largest absolute Gasteiger partial charge is 0.298 e. The summed E-state index contributed by atoms with van der Waals surface area (Å²) in [6, 6.07) is 0. The average molecular weight is 262 g/mol. The first-order chi connectivity index (χ1) is 8.36. The second-order valence-electron chi connectivity index (χ2n) is 3.70. The summed E-state index contributed by atoms with van der Waals surface area (Å²) < 4.78 is 66.8. The van der Waals surface area contributed by atoms with E-state index in [4.69, 9.17) is 0 Å². The van der Waals surface area contributed by atoms with Crippen LogP contribution in [-0.4, -0.2) is 9.55 Å². The number of imidazole rings is 1. The Morgan fingerprint density at radius 2 is 1.28 bits per heavy atom. The number of aromatic nitrogens is 2. The lowest BCUT2D eigenvalue weighted by Crippen LogP contribution is -2.10. The summed E-state index contributed by atoms with van der Waals surface area (Å²) in [5.74, 6) is -9.90. The van der Waals surface area contributed by atoms with Crippen LogP contribution in [0.1, 0.15) is 11.4 Å². The maximum atomic E-state index is 13.5. The molecular weight excluding hydrogens is 255 g/mol. The van der Waals surface area contributed by atoms with Gasteiger partial charge in [-0.05, 0) is 13.8 Å². The Kier molecular flexibility index (Phi) is 2.84. The molecule has 0 spiro atoms. The highest BCUT2D eigenvalue weighted by atomic mass is 19.2.